The molecule has 10 rings (SSSR count). The van der Waals surface area contributed by atoms with E-state index in [1.165, 1.54) is 64.6 Å². The van der Waals surface area contributed by atoms with Crippen molar-refractivity contribution in [1.29, 1.82) is 0 Å². The zero-order valence-corrected chi connectivity index (χ0v) is 28.9. The smallest absolute Gasteiger partial charge is 0.0708 e. The van der Waals surface area contributed by atoms with Gasteiger partial charge in [-0.2, -0.15) is 0 Å². The van der Waals surface area contributed by atoms with Gasteiger partial charge < -0.3 is 4.98 Å². The van der Waals surface area contributed by atoms with Crippen molar-refractivity contribution in [2.24, 2.45) is 0 Å². The van der Waals surface area contributed by atoms with Crippen LogP contribution in [0.4, 0.5) is 0 Å². The second-order valence-electron chi connectivity index (χ2n) is 12.1. The second-order valence-corrected chi connectivity index (χ2v) is 12.1. The molecule has 49 heavy (non-hydrogen) atoms. The summed E-state index contributed by atoms with van der Waals surface area (Å²) < 4.78 is 0. The molecule has 0 fully saturated rings. The number of benzene rings is 8. The molecule has 0 N–H and O–H groups in total. The van der Waals surface area contributed by atoms with Crippen LogP contribution in [-0.2, 0) is 20.1 Å². The predicted molar refractivity (Wildman–Crippen MR) is 203 cm³/mol. The zero-order chi connectivity index (χ0) is 31.9. The van der Waals surface area contributed by atoms with E-state index in [1.54, 1.807) is 0 Å². The van der Waals surface area contributed by atoms with E-state index in [0.29, 0.717) is 0 Å². The average Bonchev–Trinajstić information content (AvgIpc) is 3.19. The molecule has 1 radical (unpaired) electrons. The summed E-state index contributed by atoms with van der Waals surface area (Å²) in [5.74, 6) is 0. The van der Waals surface area contributed by atoms with Gasteiger partial charge in [-0.05, 0) is 65.6 Å². The first-order valence-corrected chi connectivity index (χ1v) is 16.2. The third kappa shape index (κ3) is 5.44. The van der Waals surface area contributed by atoms with Crippen LogP contribution in [0.3, 0.4) is 0 Å². The summed E-state index contributed by atoms with van der Waals surface area (Å²) in [5.41, 5.74) is 4.15. The molecule has 0 amide bonds. The Morgan fingerprint density at radius 3 is 1.14 bits per heavy atom. The van der Waals surface area contributed by atoms with Crippen molar-refractivity contribution in [3.8, 4) is 22.5 Å². The van der Waals surface area contributed by atoms with Gasteiger partial charge in [0.05, 0.1) is 5.69 Å². The number of hydrogen-bond donors (Lipinski definition) is 0. The van der Waals surface area contributed by atoms with Gasteiger partial charge in [0.1, 0.15) is 0 Å². The van der Waals surface area contributed by atoms with E-state index in [2.05, 4.69) is 146 Å². The van der Waals surface area contributed by atoms with Crippen molar-refractivity contribution in [1.82, 2.24) is 9.97 Å². The quantitative estimate of drug-likeness (QED) is 0.129. The van der Waals surface area contributed by atoms with Crippen LogP contribution < -0.4 is 0 Å². The molecule has 0 aliphatic heterocycles. The number of nitrogens with zero attached hydrogens (tertiary/aromatic N) is 2. The molecule has 0 spiro atoms. The number of aromatic nitrogens is 2. The molecule has 0 saturated carbocycles. The molecule has 0 unspecified atom stereocenters. The van der Waals surface area contributed by atoms with Crippen LogP contribution in [0.15, 0.2) is 176 Å². The molecule has 0 aliphatic rings. The monoisotopic (exact) mass is 802 g/mol. The molecule has 10 aromatic rings. The van der Waals surface area contributed by atoms with E-state index >= 15 is 0 Å². The van der Waals surface area contributed by atoms with E-state index in [4.69, 9.17) is 9.97 Å². The fourth-order valence-electron chi connectivity index (χ4n) is 7.06. The number of rotatable bonds is 2. The second kappa shape index (κ2) is 13.1. The van der Waals surface area contributed by atoms with Gasteiger partial charge in [-0.25, -0.2) is 0 Å². The van der Waals surface area contributed by atoms with Crippen molar-refractivity contribution in [2.45, 2.75) is 0 Å². The fraction of sp³-hybridized carbons (Fsp3) is 0. The molecular weight excluding hydrogens is 773 g/mol. The molecule has 0 aliphatic carbocycles. The summed E-state index contributed by atoms with van der Waals surface area (Å²) in [5, 5.41) is 15.1. The van der Waals surface area contributed by atoms with Crippen LogP contribution in [0.5, 0.6) is 0 Å². The average molecular weight is 802 g/mol. The van der Waals surface area contributed by atoms with Gasteiger partial charge in [-0.3, -0.25) is 4.98 Å². The van der Waals surface area contributed by atoms with Gasteiger partial charge in [0, 0.05) is 48.8 Å². The van der Waals surface area contributed by atoms with Crippen LogP contribution >= 0.6 is 0 Å². The Balaban J connectivity index is 0.000000139. The maximum absolute atomic E-state index is 4.73. The Kier molecular flexibility index (Phi) is 8.15. The fourth-order valence-corrected chi connectivity index (χ4v) is 7.06. The van der Waals surface area contributed by atoms with Crippen molar-refractivity contribution in [2.75, 3.05) is 0 Å². The minimum atomic E-state index is 0. The Hall–Kier alpha value is -5.73. The largest absolute Gasteiger partial charge is 0.304 e. The molecule has 0 bridgehead atoms. The van der Waals surface area contributed by atoms with Crippen molar-refractivity contribution < 1.29 is 20.1 Å². The van der Waals surface area contributed by atoms with Gasteiger partial charge in [-0.15, -0.1) is 35.9 Å². The summed E-state index contributed by atoms with van der Waals surface area (Å²) in [6.07, 6.45) is 4.02. The summed E-state index contributed by atoms with van der Waals surface area (Å²) in [7, 11) is 0. The predicted octanol–water partition coefficient (Wildman–Crippen LogP) is 12.2. The van der Waals surface area contributed by atoms with Crippen molar-refractivity contribution in [3.63, 3.8) is 0 Å². The summed E-state index contributed by atoms with van der Waals surface area (Å²) >= 11 is 0. The molecule has 2 heterocycles. The Morgan fingerprint density at radius 2 is 0.694 bits per heavy atom. The maximum atomic E-state index is 4.73. The van der Waals surface area contributed by atoms with Crippen LogP contribution in [0, 0.1) is 6.07 Å². The van der Waals surface area contributed by atoms with Gasteiger partial charge in [0.2, 0.25) is 0 Å². The first kappa shape index (κ1) is 30.6. The Morgan fingerprint density at radius 1 is 0.327 bits per heavy atom. The summed E-state index contributed by atoms with van der Waals surface area (Å²) in [6, 6.07) is 60.4. The van der Waals surface area contributed by atoms with E-state index in [0.717, 1.165) is 22.5 Å². The minimum absolute atomic E-state index is 0. The molecule has 2 aromatic heterocycles. The topological polar surface area (TPSA) is 25.8 Å². The van der Waals surface area contributed by atoms with Crippen LogP contribution in [0.1, 0.15) is 0 Å². The molecular formula is C46H29IrN2-. The molecule has 8 aromatic carbocycles. The number of fused-ring (bicyclic) bond motifs is 12. The molecule has 2 nitrogen and oxygen atoms in total. The third-order valence-corrected chi connectivity index (χ3v) is 9.31. The SMILES string of the molecule is [Ir].[c-]1ccccc1-c1cc2c3ccccc3c3ccccc3c2cn1.c1ccc(-c2cc3c4ccccc4c4ccccc4c3cn2)cc1. The third-order valence-electron chi connectivity index (χ3n) is 9.31. The van der Waals surface area contributed by atoms with Gasteiger partial charge in [0.15, 0.2) is 0 Å². The van der Waals surface area contributed by atoms with Crippen LogP contribution in [0.25, 0.3) is 87.1 Å². The molecule has 3 heteroatoms. The first-order valence-electron chi connectivity index (χ1n) is 16.2. The van der Waals surface area contributed by atoms with Crippen molar-refractivity contribution >= 4 is 64.6 Å². The molecule has 233 valence electrons. The van der Waals surface area contributed by atoms with Crippen LogP contribution in [-0.4, -0.2) is 9.97 Å². The number of hydrogen-bond acceptors (Lipinski definition) is 2. The van der Waals surface area contributed by atoms with E-state index in [-0.39, 0.29) is 20.1 Å². The van der Waals surface area contributed by atoms with Gasteiger partial charge in [-0.1, -0.05) is 133 Å². The zero-order valence-electron chi connectivity index (χ0n) is 26.5. The van der Waals surface area contributed by atoms with Crippen molar-refractivity contribution in [3.05, 3.63) is 182 Å². The molecule has 0 atom stereocenters. The standard InChI is InChI=1S/C23H15N.C23H14N.Ir/c2*1-2-8-16(9-3-1)23-14-21-19-12-6-4-10-17(19)18-11-5-7-13-20(18)22(21)15-24-23;/h1-15H;1-8,10-15H;/q;-1;. The summed E-state index contributed by atoms with van der Waals surface area (Å²) in [6.45, 7) is 0. The maximum Gasteiger partial charge on any atom is 0.0708 e. The van der Waals surface area contributed by atoms with Crippen LogP contribution in [0.2, 0.25) is 0 Å². The first-order chi connectivity index (χ1) is 23.8. The van der Waals surface area contributed by atoms with Gasteiger partial charge >= 0.3 is 0 Å². The van der Waals surface area contributed by atoms with Gasteiger partial charge in [0.25, 0.3) is 0 Å². The van der Waals surface area contributed by atoms with E-state index in [9.17, 15) is 0 Å². The molecule has 0 saturated heterocycles. The Bertz CT molecular complexity index is 2510. The minimum Gasteiger partial charge on any atom is -0.304 e. The Labute approximate surface area is 298 Å². The summed E-state index contributed by atoms with van der Waals surface area (Å²) in [4.78, 5) is 9.44. The van der Waals surface area contributed by atoms with E-state index < -0.39 is 0 Å². The number of pyridine rings is 2. The van der Waals surface area contributed by atoms with E-state index in [1.807, 2.05) is 36.7 Å². The normalized spacial score (nSPS) is 11.1.